The molecule has 23 heavy (non-hydrogen) atoms. The molecule has 2 rings (SSSR count). The van der Waals surface area contributed by atoms with Gasteiger partial charge in [-0.2, -0.15) is 0 Å². The Hall–Kier alpha value is -2.00. The van der Waals surface area contributed by atoms with Crippen LogP contribution in [0.3, 0.4) is 0 Å². The average Bonchev–Trinajstić information content (AvgIpc) is 2.53. The minimum Gasteiger partial charge on any atom is -0.496 e. The number of nitrogens with two attached hydrogens (primary N) is 1. The van der Waals surface area contributed by atoms with Gasteiger partial charge in [-0.3, -0.25) is 0 Å². The van der Waals surface area contributed by atoms with E-state index >= 15 is 0 Å². The molecule has 0 aliphatic heterocycles. The summed E-state index contributed by atoms with van der Waals surface area (Å²) >= 11 is 0. The standard InChI is InChI=1S/C20H27NO2/c1-14-5-7-19(16(3)11-14)23-10-9-17(13-21)18-12-15(2)6-8-20(18)22-4/h5-8,11-12,17H,9-10,13,21H2,1-4H3. The maximum absolute atomic E-state index is 6.00. The molecule has 0 heterocycles. The Bertz CT molecular complexity index is 652. The van der Waals surface area contributed by atoms with E-state index in [1.165, 1.54) is 22.3 Å². The number of benzene rings is 2. The molecule has 3 nitrogen and oxygen atoms in total. The highest BCUT2D eigenvalue weighted by Crippen LogP contribution is 2.30. The van der Waals surface area contributed by atoms with Gasteiger partial charge in [-0.15, -0.1) is 0 Å². The molecule has 0 saturated carbocycles. The van der Waals surface area contributed by atoms with Gasteiger partial charge in [-0.1, -0.05) is 35.4 Å². The first-order valence-electron chi connectivity index (χ1n) is 8.09. The quantitative estimate of drug-likeness (QED) is 0.836. The van der Waals surface area contributed by atoms with Crippen LogP contribution in [0.2, 0.25) is 0 Å². The van der Waals surface area contributed by atoms with Gasteiger partial charge in [0, 0.05) is 5.92 Å². The SMILES string of the molecule is COc1ccc(C)cc1C(CN)CCOc1ccc(C)cc1C. The van der Waals surface area contributed by atoms with Gasteiger partial charge in [-0.25, -0.2) is 0 Å². The van der Waals surface area contributed by atoms with Crippen molar-refractivity contribution in [1.82, 2.24) is 0 Å². The Balaban J connectivity index is 2.04. The summed E-state index contributed by atoms with van der Waals surface area (Å²) in [4.78, 5) is 0. The van der Waals surface area contributed by atoms with Crippen LogP contribution in [0.1, 0.15) is 34.6 Å². The van der Waals surface area contributed by atoms with E-state index in [0.717, 1.165) is 17.9 Å². The number of hydrogen-bond donors (Lipinski definition) is 1. The van der Waals surface area contributed by atoms with Gasteiger partial charge >= 0.3 is 0 Å². The average molecular weight is 313 g/mol. The topological polar surface area (TPSA) is 44.5 Å². The predicted octanol–water partition coefficient (Wildman–Crippen LogP) is 4.13. The molecule has 0 saturated heterocycles. The van der Waals surface area contributed by atoms with E-state index in [9.17, 15) is 0 Å². The lowest BCUT2D eigenvalue weighted by molar-refractivity contribution is 0.294. The first-order valence-corrected chi connectivity index (χ1v) is 8.09. The number of aryl methyl sites for hydroxylation is 3. The van der Waals surface area contributed by atoms with Gasteiger partial charge in [0.05, 0.1) is 13.7 Å². The van der Waals surface area contributed by atoms with E-state index in [0.29, 0.717) is 13.2 Å². The number of methoxy groups -OCH3 is 1. The third-order valence-electron chi connectivity index (χ3n) is 4.16. The molecule has 124 valence electrons. The molecule has 0 bridgehead atoms. The lowest BCUT2D eigenvalue weighted by atomic mass is 9.94. The van der Waals surface area contributed by atoms with Crippen LogP contribution in [0.4, 0.5) is 0 Å². The molecule has 2 aromatic rings. The lowest BCUT2D eigenvalue weighted by Crippen LogP contribution is -2.16. The van der Waals surface area contributed by atoms with Crippen molar-refractivity contribution in [3.8, 4) is 11.5 Å². The van der Waals surface area contributed by atoms with Gasteiger partial charge in [0.1, 0.15) is 11.5 Å². The molecule has 2 N–H and O–H groups in total. The van der Waals surface area contributed by atoms with Gasteiger partial charge in [0.2, 0.25) is 0 Å². The Morgan fingerprint density at radius 1 is 0.957 bits per heavy atom. The largest absolute Gasteiger partial charge is 0.496 e. The maximum Gasteiger partial charge on any atom is 0.122 e. The van der Waals surface area contributed by atoms with Crippen LogP contribution in [0.15, 0.2) is 36.4 Å². The van der Waals surface area contributed by atoms with Crippen molar-refractivity contribution in [2.45, 2.75) is 33.1 Å². The summed E-state index contributed by atoms with van der Waals surface area (Å²) in [7, 11) is 1.70. The summed E-state index contributed by atoms with van der Waals surface area (Å²) in [5.41, 5.74) is 10.8. The minimum atomic E-state index is 0.232. The molecule has 0 fully saturated rings. The molecular weight excluding hydrogens is 286 g/mol. The van der Waals surface area contributed by atoms with Crippen molar-refractivity contribution in [2.24, 2.45) is 5.73 Å². The van der Waals surface area contributed by atoms with Crippen LogP contribution in [-0.2, 0) is 0 Å². The van der Waals surface area contributed by atoms with Crippen molar-refractivity contribution in [3.63, 3.8) is 0 Å². The molecule has 0 aliphatic carbocycles. The van der Waals surface area contributed by atoms with Crippen LogP contribution in [0.25, 0.3) is 0 Å². The zero-order valence-corrected chi connectivity index (χ0v) is 14.6. The summed E-state index contributed by atoms with van der Waals surface area (Å²) in [6, 6.07) is 12.5. The molecule has 0 aromatic heterocycles. The van der Waals surface area contributed by atoms with Gasteiger partial charge < -0.3 is 15.2 Å². The monoisotopic (exact) mass is 313 g/mol. The highest BCUT2D eigenvalue weighted by molar-refractivity contribution is 5.40. The van der Waals surface area contributed by atoms with Crippen molar-refractivity contribution >= 4 is 0 Å². The third-order valence-corrected chi connectivity index (χ3v) is 4.16. The fourth-order valence-electron chi connectivity index (χ4n) is 2.85. The van der Waals surface area contributed by atoms with Crippen LogP contribution < -0.4 is 15.2 Å². The molecule has 1 unspecified atom stereocenters. The minimum absolute atomic E-state index is 0.232. The summed E-state index contributed by atoms with van der Waals surface area (Å²) in [6.07, 6.45) is 0.865. The normalized spacial score (nSPS) is 12.0. The summed E-state index contributed by atoms with van der Waals surface area (Å²) in [6.45, 7) is 7.47. The van der Waals surface area contributed by atoms with Crippen LogP contribution >= 0.6 is 0 Å². The van der Waals surface area contributed by atoms with E-state index < -0.39 is 0 Å². The van der Waals surface area contributed by atoms with E-state index in [2.05, 4.69) is 45.0 Å². The lowest BCUT2D eigenvalue weighted by Gasteiger charge is -2.19. The predicted molar refractivity (Wildman–Crippen MR) is 95.6 cm³/mol. The Kier molecular flexibility index (Phi) is 6.05. The second kappa shape index (κ2) is 8.02. The first kappa shape index (κ1) is 17.4. The summed E-state index contributed by atoms with van der Waals surface area (Å²) in [5, 5.41) is 0. The van der Waals surface area contributed by atoms with E-state index in [1.807, 2.05) is 12.1 Å². The molecule has 1 atom stereocenters. The zero-order valence-electron chi connectivity index (χ0n) is 14.6. The van der Waals surface area contributed by atoms with E-state index in [1.54, 1.807) is 7.11 Å². The second-order valence-corrected chi connectivity index (χ2v) is 6.08. The molecule has 2 aromatic carbocycles. The van der Waals surface area contributed by atoms with Gasteiger partial charge in [0.25, 0.3) is 0 Å². The fraction of sp³-hybridized carbons (Fsp3) is 0.400. The highest BCUT2D eigenvalue weighted by Gasteiger charge is 2.15. The van der Waals surface area contributed by atoms with Crippen molar-refractivity contribution < 1.29 is 9.47 Å². The van der Waals surface area contributed by atoms with Crippen molar-refractivity contribution in [2.75, 3.05) is 20.3 Å². The second-order valence-electron chi connectivity index (χ2n) is 6.08. The zero-order chi connectivity index (χ0) is 16.8. The third kappa shape index (κ3) is 4.49. The van der Waals surface area contributed by atoms with E-state index in [-0.39, 0.29) is 5.92 Å². The molecule has 0 aliphatic rings. The fourth-order valence-corrected chi connectivity index (χ4v) is 2.85. The summed E-state index contributed by atoms with van der Waals surface area (Å²) in [5.74, 6) is 2.08. The number of ether oxygens (including phenoxy) is 2. The van der Waals surface area contributed by atoms with Crippen molar-refractivity contribution in [1.29, 1.82) is 0 Å². The van der Waals surface area contributed by atoms with Gasteiger partial charge in [-0.05, 0) is 57.0 Å². The molecule has 0 radical (unpaired) electrons. The van der Waals surface area contributed by atoms with Crippen LogP contribution in [0, 0.1) is 20.8 Å². The molecule has 3 heteroatoms. The Morgan fingerprint density at radius 3 is 2.22 bits per heavy atom. The number of rotatable bonds is 7. The smallest absolute Gasteiger partial charge is 0.122 e. The highest BCUT2D eigenvalue weighted by atomic mass is 16.5. The van der Waals surface area contributed by atoms with E-state index in [4.69, 9.17) is 15.2 Å². The molecule has 0 amide bonds. The number of hydrogen-bond acceptors (Lipinski definition) is 3. The van der Waals surface area contributed by atoms with Crippen LogP contribution in [0.5, 0.6) is 11.5 Å². The Labute approximate surface area is 139 Å². The van der Waals surface area contributed by atoms with Crippen LogP contribution in [-0.4, -0.2) is 20.3 Å². The van der Waals surface area contributed by atoms with Gasteiger partial charge in [0.15, 0.2) is 0 Å². The summed E-state index contributed by atoms with van der Waals surface area (Å²) < 4.78 is 11.4. The Morgan fingerprint density at radius 2 is 1.61 bits per heavy atom. The molecular formula is C20H27NO2. The maximum atomic E-state index is 6.00. The van der Waals surface area contributed by atoms with Crippen molar-refractivity contribution in [3.05, 3.63) is 58.7 Å². The molecule has 0 spiro atoms. The first-order chi connectivity index (χ1) is 11.0.